The van der Waals surface area contributed by atoms with Crippen molar-refractivity contribution in [3.8, 4) is 11.3 Å². The molecule has 0 bridgehead atoms. The van der Waals surface area contributed by atoms with Gasteiger partial charge in [0.05, 0.1) is 11.9 Å². The van der Waals surface area contributed by atoms with E-state index in [0.717, 1.165) is 43.7 Å². The number of carbonyl (C=O) groups is 1. The van der Waals surface area contributed by atoms with E-state index in [9.17, 15) is 4.79 Å². The van der Waals surface area contributed by atoms with Gasteiger partial charge in [-0.15, -0.1) is 0 Å². The molecule has 8 heteroatoms. The number of nitrogens with one attached hydrogen (secondary N) is 2. The average Bonchev–Trinajstić information content (AvgIpc) is 3.12. The number of primary amides is 1. The fraction of sp³-hybridized carbons (Fsp3) is 0.316. The first-order valence-corrected chi connectivity index (χ1v) is 9.38. The lowest BCUT2D eigenvalue weighted by Gasteiger charge is -2.23. The summed E-state index contributed by atoms with van der Waals surface area (Å²) in [7, 11) is 0. The number of carbonyl (C=O) groups excluding carboxylic acids is 1. The molecule has 4 N–H and O–H groups in total. The number of halogens is 1. The SMILES string of the molecule is NC(=O)c1cnc(NCC2CCNCC2)c2nc(-c3ccc(Cl)cc3)cn12. The summed E-state index contributed by atoms with van der Waals surface area (Å²) in [5, 5.41) is 7.43. The topological polar surface area (TPSA) is 97.3 Å². The fourth-order valence-corrected chi connectivity index (χ4v) is 3.50. The monoisotopic (exact) mass is 384 g/mol. The Kier molecular flexibility index (Phi) is 4.96. The Balaban J connectivity index is 1.70. The molecule has 27 heavy (non-hydrogen) atoms. The van der Waals surface area contributed by atoms with Crippen LogP contribution >= 0.6 is 11.6 Å². The van der Waals surface area contributed by atoms with Crippen molar-refractivity contribution in [2.75, 3.05) is 25.0 Å². The molecule has 7 nitrogen and oxygen atoms in total. The van der Waals surface area contributed by atoms with Gasteiger partial charge in [0.2, 0.25) is 0 Å². The summed E-state index contributed by atoms with van der Waals surface area (Å²) < 4.78 is 1.70. The van der Waals surface area contributed by atoms with Crippen LogP contribution in [0.25, 0.3) is 16.9 Å². The molecule has 3 heterocycles. The number of aromatic nitrogens is 3. The smallest absolute Gasteiger partial charge is 0.267 e. The molecule has 1 aromatic carbocycles. The van der Waals surface area contributed by atoms with Gasteiger partial charge in [-0.1, -0.05) is 23.7 Å². The lowest BCUT2D eigenvalue weighted by Crippen LogP contribution is -2.31. The van der Waals surface area contributed by atoms with E-state index in [-0.39, 0.29) is 0 Å². The van der Waals surface area contributed by atoms with Crippen molar-refractivity contribution >= 4 is 29.0 Å². The van der Waals surface area contributed by atoms with Gasteiger partial charge >= 0.3 is 0 Å². The highest BCUT2D eigenvalue weighted by molar-refractivity contribution is 6.30. The van der Waals surface area contributed by atoms with E-state index in [1.54, 1.807) is 10.6 Å². The van der Waals surface area contributed by atoms with Crippen molar-refractivity contribution < 1.29 is 4.79 Å². The molecule has 0 atom stereocenters. The second-order valence-electron chi connectivity index (χ2n) is 6.76. The molecule has 1 saturated heterocycles. The highest BCUT2D eigenvalue weighted by Gasteiger charge is 2.17. The minimum atomic E-state index is -0.544. The summed E-state index contributed by atoms with van der Waals surface area (Å²) in [4.78, 5) is 20.9. The van der Waals surface area contributed by atoms with Crippen molar-refractivity contribution in [1.29, 1.82) is 0 Å². The first kappa shape index (κ1) is 17.8. The summed E-state index contributed by atoms with van der Waals surface area (Å²) >= 11 is 5.97. The molecule has 0 spiro atoms. The summed E-state index contributed by atoms with van der Waals surface area (Å²) in [6.45, 7) is 2.91. The number of hydrogen-bond donors (Lipinski definition) is 3. The summed E-state index contributed by atoms with van der Waals surface area (Å²) in [5.74, 6) is 0.700. The second-order valence-corrected chi connectivity index (χ2v) is 7.19. The van der Waals surface area contributed by atoms with Gasteiger partial charge in [-0.25, -0.2) is 9.97 Å². The van der Waals surface area contributed by atoms with Crippen LogP contribution in [0.4, 0.5) is 5.82 Å². The number of hydrogen-bond acceptors (Lipinski definition) is 5. The van der Waals surface area contributed by atoms with Gasteiger partial charge in [-0.2, -0.15) is 0 Å². The lowest BCUT2D eigenvalue weighted by molar-refractivity contribution is 0.0994. The number of nitrogens with zero attached hydrogens (tertiary/aromatic N) is 3. The summed E-state index contributed by atoms with van der Waals surface area (Å²) in [6.07, 6.45) is 5.56. The zero-order chi connectivity index (χ0) is 18.8. The van der Waals surface area contributed by atoms with Crippen LogP contribution in [0.3, 0.4) is 0 Å². The molecule has 0 unspecified atom stereocenters. The Morgan fingerprint density at radius 3 is 2.74 bits per heavy atom. The fourth-order valence-electron chi connectivity index (χ4n) is 3.37. The van der Waals surface area contributed by atoms with Crippen molar-refractivity contribution in [3.63, 3.8) is 0 Å². The third-order valence-corrected chi connectivity index (χ3v) is 5.15. The number of amides is 1. The molecule has 0 radical (unpaired) electrons. The van der Waals surface area contributed by atoms with E-state index in [0.29, 0.717) is 28.1 Å². The van der Waals surface area contributed by atoms with Crippen LogP contribution in [-0.4, -0.2) is 39.9 Å². The predicted molar refractivity (Wildman–Crippen MR) is 106 cm³/mol. The van der Waals surface area contributed by atoms with Crippen molar-refractivity contribution in [3.05, 3.63) is 47.4 Å². The van der Waals surface area contributed by atoms with Gasteiger partial charge < -0.3 is 16.4 Å². The molecule has 0 aliphatic carbocycles. The number of nitrogens with two attached hydrogens (primary N) is 1. The van der Waals surface area contributed by atoms with Crippen LogP contribution in [0.5, 0.6) is 0 Å². The molecular weight excluding hydrogens is 364 g/mol. The highest BCUT2D eigenvalue weighted by Crippen LogP contribution is 2.25. The van der Waals surface area contributed by atoms with Crippen LogP contribution in [0.2, 0.25) is 5.02 Å². The highest BCUT2D eigenvalue weighted by atomic mass is 35.5. The Hall–Kier alpha value is -2.64. The maximum atomic E-state index is 11.8. The van der Waals surface area contributed by atoms with Crippen molar-refractivity contribution in [2.45, 2.75) is 12.8 Å². The zero-order valence-corrected chi connectivity index (χ0v) is 15.5. The first-order chi connectivity index (χ1) is 13.1. The summed E-state index contributed by atoms with van der Waals surface area (Å²) in [6, 6.07) is 7.40. The molecule has 1 amide bonds. The van der Waals surface area contributed by atoms with Gasteiger partial charge in [0.1, 0.15) is 5.69 Å². The van der Waals surface area contributed by atoms with Crippen molar-refractivity contribution in [2.24, 2.45) is 11.7 Å². The van der Waals surface area contributed by atoms with E-state index in [2.05, 4.69) is 15.6 Å². The minimum absolute atomic E-state index is 0.296. The molecule has 140 valence electrons. The van der Waals surface area contributed by atoms with Crippen LogP contribution < -0.4 is 16.4 Å². The number of rotatable bonds is 5. The average molecular weight is 385 g/mol. The van der Waals surface area contributed by atoms with Crippen LogP contribution in [0, 0.1) is 5.92 Å². The Morgan fingerprint density at radius 2 is 2.04 bits per heavy atom. The number of imidazole rings is 1. The van der Waals surface area contributed by atoms with E-state index in [1.807, 2.05) is 24.3 Å². The number of fused-ring (bicyclic) bond motifs is 1. The van der Waals surface area contributed by atoms with Crippen LogP contribution in [-0.2, 0) is 0 Å². The Morgan fingerprint density at radius 1 is 1.30 bits per heavy atom. The zero-order valence-electron chi connectivity index (χ0n) is 14.8. The van der Waals surface area contributed by atoms with Gasteiger partial charge in [0, 0.05) is 23.3 Å². The second kappa shape index (κ2) is 7.54. The molecule has 2 aromatic heterocycles. The Labute approximate surface area is 161 Å². The van der Waals surface area contributed by atoms with Gasteiger partial charge in [0.25, 0.3) is 5.91 Å². The van der Waals surface area contributed by atoms with Gasteiger partial charge in [-0.05, 0) is 44.0 Å². The van der Waals surface area contributed by atoms with E-state index < -0.39 is 5.91 Å². The summed E-state index contributed by atoms with van der Waals surface area (Å²) in [5.41, 5.74) is 8.03. The van der Waals surface area contributed by atoms with Crippen molar-refractivity contribution in [1.82, 2.24) is 19.7 Å². The maximum absolute atomic E-state index is 11.8. The standard InChI is InChI=1S/C19H21ClN6O/c20-14-3-1-13(2-4-14)15-11-26-16(17(21)27)10-24-18(19(26)25-15)23-9-12-5-7-22-8-6-12/h1-4,10-12,22H,5-9H2,(H2,21,27)(H,23,24). The first-order valence-electron chi connectivity index (χ1n) is 9.00. The van der Waals surface area contributed by atoms with E-state index >= 15 is 0 Å². The van der Waals surface area contributed by atoms with Gasteiger partial charge in [-0.3, -0.25) is 9.20 Å². The molecule has 1 aliphatic heterocycles. The number of piperidine rings is 1. The minimum Gasteiger partial charge on any atom is -0.367 e. The van der Waals surface area contributed by atoms with Crippen LogP contribution in [0.15, 0.2) is 36.7 Å². The largest absolute Gasteiger partial charge is 0.367 e. The Bertz CT molecular complexity index is 962. The predicted octanol–water partition coefficient (Wildman–Crippen LogP) is 2.56. The molecule has 4 rings (SSSR count). The van der Waals surface area contributed by atoms with Crippen LogP contribution in [0.1, 0.15) is 23.3 Å². The molecule has 3 aromatic rings. The van der Waals surface area contributed by atoms with Gasteiger partial charge in [0.15, 0.2) is 11.5 Å². The molecular formula is C19H21ClN6O. The maximum Gasteiger partial charge on any atom is 0.267 e. The lowest BCUT2D eigenvalue weighted by atomic mass is 9.98. The third-order valence-electron chi connectivity index (χ3n) is 4.90. The number of benzene rings is 1. The number of anilines is 1. The molecule has 1 fully saturated rings. The molecule has 0 saturated carbocycles. The quantitative estimate of drug-likeness (QED) is 0.628. The third kappa shape index (κ3) is 3.74. The molecule has 1 aliphatic rings. The van der Waals surface area contributed by atoms with E-state index in [1.165, 1.54) is 6.20 Å². The van der Waals surface area contributed by atoms with E-state index in [4.69, 9.17) is 22.3 Å². The normalized spacial score (nSPS) is 15.1.